The third-order valence-corrected chi connectivity index (χ3v) is 7.72. The summed E-state index contributed by atoms with van der Waals surface area (Å²) in [4.78, 5) is 14.8. The Morgan fingerprint density at radius 3 is 2.00 bits per heavy atom. The number of aryl methyl sites for hydroxylation is 1. The molecule has 4 aromatic rings. The number of halogens is 1. The fourth-order valence-corrected chi connectivity index (χ4v) is 5.73. The molecule has 1 aliphatic rings. The van der Waals surface area contributed by atoms with Gasteiger partial charge in [0.25, 0.3) is 0 Å². The van der Waals surface area contributed by atoms with E-state index in [1.807, 2.05) is 66.7 Å². The van der Waals surface area contributed by atoms with Crippen molar-refractivity contribution in [3.8, 4) is 5.75 Å². The highest BCUT2D eigenvalue weighted by Gasteiger charge is 2.37. The summed E-state index contributed by atoms with van der Waals surface area (Å²) in [6.07, 6.45) is 0.134. The zero-order valence-electron chi connectivity index (χ0n) is 25.6. The number of benzene rings is 4. The van der Waals surface area contributed by atoms with E-state index in [1.54, 1.807) is 26.8 Å². The number of anilines is 1. The van der Waals surface area contributed by atoms with Gasteiger partial charge in [-0.25, -0.2) is 4.39 Å². The number of carbonyl (C=O) groups is 1. The lowest BCUT2D eigenvalue weighted by Crippen LogP contribution is -2.42. The monoisotopic (exact) mass is 596 g/mol. The second-order valence-electron chi connectivity index (χ2n) is 12.3. The number of fused-ring (bicyclic) bond motifs is 1. The van der Waals surface area contributed by atoms with Crippen LogP contribution in [-0.4, -0.2) is 34.2 Å². The Balaban J connectivity index is 1.46. The first-order chi connectivity index (χ1) is 21.2. The second-order valence-corrected chi connectivity index (χ2v) is 12.3. The molecule has 2 atom stereocenters. The maximum atomic E-state index is 16.6. The van der Waals surface area contributed by atoms with Crippen LogP contribution < -0.4 is 10.1 Å². The number of aliphatic hydroxyl groups is 1. The highest BCUT2D eigenvalue weighted by molar-refractivity contribution is 5.77. The lowest BCUT2D eigenvalue weighted by Gasteiger charge is -2.39. The number of ether oxygens (including phenoxy) is 2. The van der Waals surface area contributed by atoms with Crippen molar-refractivity contribution in [1.29, 1.82) is 0 Å². The smallest absolute Gasteiger partial charge is 0.325 e. The molecule has 7 heteroatoms. The minimum absolute atomic E-state index is 0.0444. The van der Waals surface area contributed by atoms with Crippen LogP contribution in [-0.2, 0) is 35.6 Å². The van der Waals surface area contributed by atoms with Crippen molar-refractivity contribution in [2.24, 2.45) is 0 Å². The molecule has 4 aromatic carbocycles. The van der Waals surface area contributed by atoms with Crippen LogP contribution >= 0.6 is 0 Å². The van der Waals surface area contributed by atoms with Crippen molar-refractivity contribution in [1.82, 2.24) is 4.90 Å². The number of esters is 1. The SMILES string of the molecule is CC(C)(C)OC(=O)CNc1c(OCc2ccccc2)cc2c(c1F)[C@@H](O)[C@H](N(Cc1ccccc1)Cc1ccccc1)CC2. The van der Waals surface area contributed by atoms with Gasteiger partial charge in [-0.05, 0) is 61.9 Å². The molecule has 0 heterocycles. The van der Waals surface area contributed by atoms with Gasteiger partial charge >= 0.3 is 5.97 Å². The van der Waals surface area contributed by atoms with E-state index in [1.165, 1.54) is 0 Å². The van der Waals surface area contributed by atoms with Crippen molar-refractivity contribution in [3.05, 3.63) is 131 Å². The molecule has 1 aliphatic carbocycles. The topological polar surface area (TPSA) is 71.0 Å². The molecule has 0 fully saturated rings. The standard InChI is InChI=1S/C37H41FN2O4/c1-37(2,3)44-32(41)22-39-35-31(43-25-28-17-11-6-12-18-28)21-29-19-20-30(36(42)33(29)34(35)38)40(23-26-13-7-4-8-14-26)24-27-15-9-5-10-16-27/h4-18,21,30,36,39,42H,19-20,22-25H2,1-3H3/t30-,36+/m1/s1. The van der Waals surface area contributed by atoms with Gasteiger partial charge in [-0.1, -0.05) is 91.0 Å². The normalized spacial score (nSPS) is 16.3. The summed E-state index contributed by atoms with van der Waals surface area (Å²) in [7, 11) is 0. The lowest BCUT2D eigenvalue weighted by molar-refractivity contribution is -0.152. The molecule has 0 aromatic heterocycles. The summed E-state index contributed by atoms with van der Waals surface area (Å²) in [6, 6.07) is 31.3. The van der Waals surface area contributed by atoms with E-state index >= 15 is 4.39 Å². The Bertz CT molecular complexity index is 1480. The molecule has 2 N–H and O–H groups in total. The minimum atomic E-state index is -1.09. The number of hydrogen-bond acceptors (Lipinski definition) is 6. The Morgan fingerprint density at radius 1 is 0.909 bits per heavy atom. The zero-order chi connectivity index (χ0) is 31.1. The van der Waals surface area contributed by atoms with Crippen LogP contribution in [0.3, 0.4) is 0 Å². The number of nitrogens with one attached hydrogen (secondary N) is 1. The fraction of sp³-hybridized carbons (Fsp3) is 0.324. The summed E-state index contributed by atoms with van der Waals surface area (Å²) in [5.41, 5.74) is 3.48. The van der Waals surface area contributed by atoms with Crippen LogP contribution in [0, 0.1) is 5.82 Å². The molecule has 0 amide bonds. The van der Waals surface area contributed by atoms with E-state index in [0.717, 1.165) is 16.7 Å². The Labute approximate surface area is 259 Å². The molecule has 0 saturated carbocycles. The van der Waals surface area contributed by atoms with E-state index in [0.29, 0.717) is 37.2 Å². The van der Waals surface area contributed by atoms with Crippen molar-refractivity contribution >= 4 is 11.7 Å². The fourth-order valence-electron chi connectivity index (χ4n) is 5.73. The highest BCUT2D eigenvalue weighted by atomic mass is 19.1. The van der Waals surface area contributed by atoms with Crippen molar-refractivity contribution in [2.75, 3.05) is 11.9 Å². The Hall–Kier alpha value is -4.20. The van der Waals surface area contributed by atoms with E-state index in [9.17, 15) is 9.90 Å². The van der Waals surface area contributed by atoms with Gasteiger partial charge < -0.3 is 19.9 Å². The molecule has 0 radical (unpaired) electrons. The summed E-state index contributed by atoms with van der Waals surface area (Å²) >= 11 is 0. The predicted molar refractivity (Wildman–Crippen MR) is 171 cm³/mol. The quantitative estimate of drug-likeness (QED) is 0.178. The van der Waals surface area contributed by atoms with Gasteiger partial charge in [0.1, 0.15) is 30.2 Å². The average Bonchev–Trinajstić information content (AvgIpc) is 3.00. The molecule has 0 unspecified atom stereocenters. The first-order valence-electron chi connectivity index (χ1n) is 15.2. The molecule has 0 aliphatic heterocycles. The summed E-state index contributed by atoms with van der Waals surface area (Å²) in [5, 5.41) is 14.8. The molecular formula is C37H41FN2O4. The number of aliphatic hydroxyl groups excluding tert-OH is 1. The second kappa shape index (κ2) is 14.1. The molecule has 230 valence electrons. The lowest BCUT2D eigenvalue weighted by atomic mass is 9.83. The molecule has 0 bridgehead atoms. The highest BCUT2D eigenvalue weighted by Crippen LogP contribution is 2.42. The van der Waals surface area contributed by atoms with Crippen LogP contribution in [0.4, 0.5) is 10.1 Å². The van der Waals surface area contributed by atoms with Gasteiger partial charge in [-0.15, -0.1) is 0 Å². The Morgan fingerprint density at radius 2 is 1.45 bits per heavy atom. The van der Waals surface area contributed by atoms with E-state index in [4.69, 9.17) is 9.47 Å². The van der Waals surface area contributed by atoms with Crippen LogP contribution in [0.25, 0.3) is 0 Å². The van der Waals surface area contributed by atoms with Crippen LogP contribution in [0.5, 0.6) is 5.75 Å². The number of carbonyl (C=O) groups excluding carboxylic acids is 1. The molecule has 44 heavy (non-hydrogen) atoms. The van der Waals surface area contributed by atoms with Crippen molar-refractivity contribution in [3.63, 3.8) is 0 Å². The first kappa shape index (κ1) is 31.2. The maximum absolute atomic E-state index is 16.6. The van der Waals surface area contributed by atoms with E-state index in [-0.39, 0.29) is 30.4 Å². The number of nitrogens with zero attached hydrogens (tertiary/aromatic N) is 1. The molecule has 5 rings (SSSR count). The zero-order valence-corrected chi connectivity index (χ0v) is 25.6. The van der Waals surface area contributed by atoms with E-state index in [2.05, 4.69) is 34.5 Å². The van der Waals surface area contributed by atoms with E-state index < -0.39 is 23.5 Å². The molecule has 0 saturated heterocycles. The molecule has 0 spiro atoms. The Kier molecular flexibility index (Phi) is 9.98. The largest absolute Gasteiger partial charge is 0.487 e. The van der Waals surface area contributed by atoms with Crippen molar-refractivity contribution < 1.29 is 23.8 Å². The average molecular weight is 597 g/mol. The first-order valence-corrected chi connectivity index (χ1v) is 15.2. The number of rotatable bonds is 11. The third-order valence-electron chi connectivity index (χ3n) is 7.72. The van der Waals surface area contributed by atoms with Gasteiger partial charge in [-0.2, -0.15) is 0 Å². The van der Waals surface area contributed by atoms with Gasteiger partial charge in [0.05, 0.1) is 6.10 Å². The van der Waals surface area contributed by atoms with Crippen molar-refractivity contribution in [2.45, 2.75) is 71.1 Å². The number of hydrogen-bond donors (Lipinski definition) is 2. The molecule has 6 nitrogen and oxygen atoms in total. The van der Waals surface area contributed by atoms with Gasteiger partial charge in [0.2, 0.25) is 0 Å². The predicted octanol–water partition coefficient (Wildman–Crippen LogP) is 7.21. The third kappa shape index (κ3) is 8.04. The van der Waals surface area contributed by atoms with Gasteiger partial charge in [0.15, 0.2) is 5.82 Å². The van der Waals surface area contributed by atoms with Gasteiger partial charge in [-0.3, -0.25) is 9.69 Å². The molecular weight excluding hydrogens is 555 g/mol. The van der Waals surface area contributed by atoms with Crippen LogP contribution in [0.1, 0.15) is 61.1 Å². The minimum Gasteiger partial charge on any atom is -0.487 e. The summed E-state index contributed by atoms with van der Waals surface area (Å²) < 4.78 is 28.2. The summed E-state index contributed by atoms with van der Waals surface area (Å²) in [6.45, 7) is 6.55. The van der Waals surface area contributed by atoms with Crippen LogP contribution in [0.15, 0.2) is 97.1 Å². The van der Waals surface area contributed by atoms with Crippen LogP contribution in [0.2, 0.25) is 0 Å². The van der Waals surface area contributed by atoms with Gasteiger partial charge in [0, 0.05) is 24.7 Å². The summed E-state index contributed by atoms with van der Waals surface area (Å²) in [5.74, 6) is -0.825. The maximum Gasteiger partial charge on any atom is 0.325 e.